The van der Waals surface area contributed by atoms with Gasteiger partial charge >= 0.3 is 18.3 Å². The zero-order chi connectivity index (χ0) is 32.0. The second-order valence-corrected chi connectivity index (χ2v) is 9.75. The maximum Gasteiger partial charge on any atom is 0.573 e. The molecular weight excluding hydrogens is 603 g/mol. The quantitative estimate of drug-likeness (QED) is 0.242. The van der Waals surface area contributed by atoms with Crippen molar-refractivity contribution < 1.29 is 46.6 Å². The van der Waals surface area contributed by atoms with Crippen LogP contribution in [0.25, 0.3) is 0 Å². The fourth-order valence-electron chi connectivity index (χ4n) is 4.40. The second-order valence-electron chi connectivity index (χ2n) is 9.38. The van der Waals surface area contributed by atoms with E-state index < -0.39 is 41.9 Å². The summed E-state index contributed by atoms with van der Waals surface area (Å²) in [6.07, 6.45) is -5.18. The van der Waals surface area contributed by atoms with E-state index in [0.717, 1.165) is 12.1 Å². The molecule has 0 saturated carbocycles. The average molecular weight is 630 g/mol. The van der Waals surface area contributed by atoms with Crippen LogP contribution in [0.2, 0.25) is 0 Å². The van der Waals surface area contributed by atoms with E-state index in [0.29, 0.717) is 16.9 Å². The van der Waals surface area contributed by atoms with Crippen LogP contribution in [0.15, 0.2) is 72.8 Å². The first-order valence-corrected chi connectivity index (χ1v) is 13.6. The standard InChI is InChI=1S/C30H26F3N3O7S/c1-3-42-28(40)20-8-12-22(13-9-20)36-26(38)24(16-25(37)34-21-10-6-19(7-11-21)27(39)41-2)35(29(36)44)17-18-4-14-23(15-5-18)43-30(31,32)33/h4-15,24H,3,16-17H2,1-2H3,(H,34,37)/t24-/m0/s1. The summed E-state index contributed by atoms with van der Waals surface area (Å²) in [6.45, 7) is 1.85. The number of benzene rings is 3. The maximum atomic E-state index is 13.7. The van der Waals surface area contributed by atoms with Crippen LogP contribution in [0, 0.1) is 0 Å². The highest BCUT2D eigenvalue weighted by Crippen LogP contribution is 2.30. The van der Waals surface area contributed by atoms with E-state index in [9.17, 15) is 32.3 Å². The van der Waals surface area contributed by atoms with Gasteiger partial charge in [0.05, 0.1) is 37.0 Å². The van der Waals surface area contributed by atoms with Gasteiger partial charge in [-0.3, -0.25) is 14.5 Å². The Labute approximate surface area is 255 Å². The number of ether oxygens (including phenoxy) is 3. The predicted molar refractivity (Wildman–Crippen MR) is 156 cm³/mol. The summed E-state index contributed by atoms with van der Waals surface area (Å²) in [7, 11) is 1.25. The van der Waals surface area contributed by atoms with Gasteiger partial charge in [0, 0.05) is 12.2 Å². The molecule has 0 unspecified atom stereocenters. The van der Waals surface area contributed by atoms with Gasteiger partial charge in [0.1, 0.15) is 11.8 Å². The number of anilines is 2. The Morgan fingerprint density at radius 1 is 0.909 bits per heavy atom. The number of alkyl halides is 3. The lowest BCUT2D eigenvalue weighted by molar-refractivity contribution is -0.274. The number of carbonyl (C=O) groups excluding carboxylic acids is 4. The van der Waals surface area contributed by atoms with Gasteiger partial charge < -0.3 is 24.4 Å². The molecular formula is C30H26F3N3O7S. The van der Waals surface area contributed by atoms with E-state index in [4.69, 9.17) is 17.0 Å². The molecule has 1 N–H and O–H groups in total. The number of thiocarbonyl (C=S) groups is 1. The smallest absolute Gasteiger partial charge is 0.465 e. The Hall–Kier alpha value is -4.98. The summed E-state index contributed by atoms with van der Waals surface area (Å²) in [4.78, 5) is 53.3. The van der Waals surface area contributed by atoms with E-state index in [-0.39, 0.29) is 35.8 Å². The Balaban J connectivity index is 1.57. The summed E-state index contributed by atoms with van der Waals surface area (Å²) in [5.41, 5.74) is 1.75. The minimum Gasteiger partial charge on any atom is -0.465 e. The molecule has 1 atom stereocenters. The number of carbonyl (C=O) groups is 4. The molecule has 2 amide bonds. The van der Waals surface area contributed by atoms with Crippen molar-refractivity contribution >= 4 is 52.5 Å². The van der Waals surface area contributed by atoms with Gasteiger partial charge in [-0.05, 0) is 85.4 Å². The Kier molecular flexibility index (Phi) is 9.83. The average Bonchev–Trinajstić information content (AvgIpc) is 3.21. The first-order chi connectivity index (χ1) is 20.9. The number of methoxy groups -OCH3 is 1. The molecule has 1 fully saturated rings. The molecule has 0 bridgehead atoms. The number of nitrogens with zero attached hydrogens (tertiary/aromatic N) is 2. The van der Waals surface area contributed by atoms with Crippen LogP contribution < -0.4 is 15.0 Å². The van der Waals surface area contributed by atoms with E-state index in [2.05, 4.69) is 14.8 Å². The zero-order valence-corrected chi connectivity index (χ0v) is 24.2. The monoisotopic (exact) mass is 629 g/mol. The minimum absolute atomic E-state index is 0.0138. The molecule has 1 heterocycles. The number of rotatable bonds is 10. The van der Waals surface area contributed by atoms with Crippen molar-refractivity contribution in [3.63, 3.8) is 0 Å². The van der Waals surface area contributed by atoms with Crippen LogP contribution in [0.5, 0.6) is 5.75 Å². The van der Waals surface area contributed by atoms with E-state index >= 15 is 0 Å². The predicted octanol–water partition coefficient (Wildman–Crippen LogP) is 5.08. The topological polar surface area (TPSA) is 114 Å². The lowest BCUT2D eigenvalue weighted by atomic mass is 10.1. The SMILES string of the molecule is CCOC(=O)c1ccc(N2C(=O)[C@H](CC(=O)Nc3ccc(C(=O)OC)cc3)N(Cc3ccc(OC(F)(F)F)cc3)C2=S)cc1. The summed E-state index contributed by atoms with van der Waals surface area (Å²) in [5.74, 6) is -2.55. The van der Waals surface area contributed by atoms with Gasteiger partial charge in [0.2, 0.25) is 5.91 Å². The van der Waals surface area contributed by atoms with Crippen molar-refractivity contribution in [2.24, 2.45) is 0 Å². The second kappa shape index (κ2) is 13.5. The maximum absolute atomic E-state index is 13.7. The lowest BCUT2D eigenvalue weighted by Gasteiger charge is -2.24. The fraction of sp³-hybridized carbons (Fsp3) is 0.233. The Morgan fingerprint density at radius 3 is 2.07 bits per heavy atom. The molecule has 0 radical (unpaired) electrons. The molecule has 44 heavy (non-hydrogen) atoms. The van der Waals surface area contributed by atoms with Crippen LogP contribution in [0.4, 0.5) is 24.5 Å². The molecule has 10 nitrogen and oxygen atoms in total. The van der Waals surface area contributed by atoms with Crippen LogP contribution in [-0.4, -0.2) is 59.9 Å². The first kappa shape index (κ1) is 31.9. The highest BCUT2D eigenvalue weighted by atomic mass is 32.1. The van der Waals surface area contributed by atoms with Gasteiger partial charge in [-0.15, -0.1) is 13.2 Å². The highest BCUT2D eigenvalue weighted by Gasteiger charge is 2.44. The van der Waals surface area contributed by atoms with Crippen molar-refractivity contribution in [2.45, 2.75) is 32.3 Å². The first-order valence-electron chi connectivity index (χ1n) is 13.1. The molecule has 0 spiro atoms. The number of hydrogen-bond donors (Lipinski definition) is 1. The van der Waals surface area contributed by atoms with Crippen molar-refractivity contribution in [3.8, 4) is 5.75 Å². The Morgan fingerprint density at radius 2 is 1.50 bits per heavy atom. The molecule has 3 aromatic carbocycles. The molecule has 3 aromatic rings. The van der Waals surface area contributed by atoms with Crippen LogP contribution in [0.1, 0.15) is 39.6 Å². The molecule has 4 rings (SSSR count). The summed E-state index contributed by atoms with van der Waals surface area (Å²) in [6, 6.07) is 15.9. The number of esters is 2. The third-order valence-corrected chi connectivity index (χ3v) is 6.85. The van der Waals surface area contributed by atoms with Gasteiger partial charge in [0.25, 0.3) is 5.91 Å². The normalized spacial score (nSPS) is 14.8. The van der Waals surface area contributed by atoms with Crippen molar-refractivity contribution in [3.05, 3.63) is 89.5 Å². The third kappa shape index (κ3) is 7.69. The van der Waals surface area contributed by atoms with Gasteiger partial charge in [-0.25, -0.2) is 9.59 Å². The summed E-state index contributed by atoms with van der Waals surface area (Å²) >= 11 is 5.64. The lowest BCUT2D eigenvalue weighted by Crippen LogP contribution is -2.37. The fourth-order valence-corrected chi connectivity index (χ4v) is 4.79. The number of hydrogen-bond acceptors (Lipinski definition) is 8. The summed E-state index contributed by atoms with van der Waals surface area (Å²) < 4.78 is 51.4. The molecule has 1 aliphatic rings. The van der Waals surface area contributed by atoms with E-state index in [1.165, 1.54) is 77.6 Å². The molecule has 1 aliphatic heterocycles. The van der Waals surface area contributed by atoms with Crippen molar-refractivity contribution in [1.29, 1.82) is 0 Å². The molecule has 14 heteroatoms. The highest BCUT2D eigenvalue weighted by molar-refractivity contribution is 7.80. The number of halogens is 3. The number of nitrogens with one attached hydrogen (secondary N) is 1. The molecule has 230 valence electrons. The van der Waals surface area contributed by atoms with E-state index in [1.807, 2.05) is 0 Å². The minimum atomic E-state index is -4.86. The van der Waals surface area contributed by atoms with Gasteiger partial charge in [0.15, 0.2) is 5.11 Å². The summed E-state index contributed by atoms with van der Waals surface area (Å²) in [5, 5.41) is 2.73. The van der Waals surface area contributed by atoms with Crippen molar-refractivity contribution in [2.75, 3.05) is 23.9 Å². The molecule has 1 saturated heterocycles. The van der Waals surface area contributed by atoms with Crippen LogP contribution in [-0.2, 0) is 25.6 Å². The van der Waals surface area contributed by atoms with Crippen LogP contribution >= 0.6 is 12.2 Å². The molecule has 0 aromatic heterocycles. The largest absolute Gasteiger partial charge is 0.573 e. The van der Waals surface area contributed by atoms with Crippen molar-refractivity contribution in [1.82, 2.24) is 4.90 Å². The van der Waals surface area contributed by atoms with Gasteiger partial charge in [-0.1, -0.05) is 12.1 Å². The zero-order valence-electron chi connectivity index (χ0n) is 23.4. The number of amides is 2. The van der Waals surface area contributed by atoms with E-state index in [1.54, 1.807) is 6.92 Å². The Bertz CT molecular complexity index is 1550. The van der Waals surface area contributed by atoms with Crippen LogP contribution in [0.3, 0.4) is 0 Å². The van der Waals surface area contributed by atoms with Gasteiger partial charge in [-0.2, -0.15) is 0 Å². The molecule has 0 aliphatic carbocycles. The third-order valence-electron chi connectivity index (χ3n) is 6.43.